The Labute approximate surface area is 191 Å². The van der Waals surface area contributed by atoms with Gasteiger partial charge in [0, 0.05) is 11.3 Å². The van der Waals surface area contributed by atoms with Crippen LogP contribution >= 0.6 is 12.2 Å². The highest BCUT2D eigenvalue weighted by atomic mass is 32.1. The molecule has 0 radical (unpaired) electrons. The number of carbonyl (C=O) groups excluding carboxylic acids is 1. The number of nitrogens with one attached hydrogen (secondary N) is 2. The topological polar surface area (TPSA) is 123 Å². The number of nitrogens with zero attached hydrogens (tertiary/aromatic N) is 5. The van der Waals surface area contributed by atoms with Crippen molar-refractivity contribution in [2.45, 2.75) is 6.92 Å². The molecule has 0 aliphatic carbocycles. The molecule has 33 heavy (non-hydrogen) atoms. The summed E-state index contributed by atoms with van der Waals surface area (Å²) in [5.74, 6) is 0.756. The van der Waals surface area contributed by atoms with E-state index in [1.54, 1.807) is 11.5 Å². The van der Waals surface area contributed by atoms with Crippen LogP contribution in [-0.2, 0) is 4.74 Å². The molecule has 3 heterocycles. The quantitative estimate of drug-likeness (QED) is 0.393. The van der Waals surface area contributed by atoms with Crippen LogP contribution in [-0.4, -0.2) is 47.2 Å². The van der Waals surface area contributed by atoms with Crippen LogP contribution in [0.3, 0.4) is 0 Å². The second-order valence-electron chi connectivity index (χ2n) is 6.96. The fraction of sp³-hybridized carbons (Fsp3) is 0.0909. The van der Waals surface area contributed by atoms with E-state index >= 15 is 0 Å². The predicted octanol–water partition coefficient (Wildman–Crippen LogP) is 3.70. The number of benzene rings is 2. The molecule has 164 valence electrons. The maximum absolute atomic E-state index is 12.9. The van der Waals surface area contributed by atoms with Crippen molar-refractivity contribution in [3.63, 3.8) is 0 Å². The van der Waals surface area contributed by atoms with Crippen molar-refractivity contribution in [3.8, 4) is 28.6 Å². The van der Waals surface area contributed by atoms with Crippen molar-refractivity contribution in [3.05, 3.63) is 75.8 Å². The molecule has 0 spiro atoms. The van der Waals surface area contributed by atoms with E-state index in [1.165, 1.54) is 0 Å². The van der Waals surface area contributed by atoms with Crippen molar-refractivity contribution in [1.29, 1.82) is 0 Å². The highest BCUT2D eigenvalue weighted by molar-refractivity contribution is 7.71. The van der Waals surface area contributed by atoms with Crippen LogP contribution in [0.5, 0.6) is 0 Å². The normalized spacial score (nSPS) is 11.1. The van der Waals surface area contributed by atoms with Gasteiger partial charge in [-0.15, -0.1) is 10.2 Å². The molecule has 3 aromatic heterocycles. The molecule has 0 aliphatic rings. The maximum atomic E-state index is 12.9. The fourth-order valence-electron chi connectivity index (χ4n) is 3.61. The van der Waals surface area contributed by atoms with Crippen molar-refractivity contribution in [1.82, 2.24) is 34.5 Å². The molecule has 0 aliphatic heterocycles. The summed E-state index contributed by atoms with van der Waals surface area (Å²) in [6.45, 7) is 1.79. The van der Waals surface area contributed by atoms with Gasteiger partial charge in [-0.2, -0.15) is 4.98 Å². The molecule has 0 saturated carbocycles. The van der Waals surface area contributed by atoms with Crippen molar-refractivity contribution < 1.29 is 9.53 Å². The van der Waals surface area contributed by atoms with E-state index in [0.717, 1.165) is 15.8 Å². The molecule has 2 N–H and O–H groups in total. The summed E-state index contributed by atoms with van der Waals surface area (Å²) in [7, 11) is 0. The lowest BCUT2D eigenvalue weighted by Crippen LogP contribution is -2.21. The van der Waals surface area contributed by atoms with Gasteiger partial charge in [0.05, 0.1) is 6.61 Å². The molecule has 0 bridgehead atoms. The lowest BCUT2D eigenvalue weighted by Gasteiger charge is -2.15. The van der Waals surface area contributed by atoms with Crippen molar-refractivity contribution in [2.75, 3.05) is 6.61 Å². The van der Waals surface area contributed by atoms with E-state index in [-0.39, 0.29) is 33.9 Å². The third-order valence-electron chi connectivity index (χ3n) is 4.99. The van der Waals surface area contributed by atoms with Gasteiger partial charge in [-0.05, 0) is 31.3 Å². The molecule has 5 rings (SSSR count). The van der Waals surface area contributed by atoms with Crippen LogP contribution in [0.4, 0.5) is 4.79 Å². The van der Waals surface area contributed by atoms with Gasteiger partial charge < -0.3 is 4.74 Å². The minimum Gasteiger partial charge on any atom is -0.449 e. The van der Waals surface area contributed by atoms with Gasteiger partial charge in [-0.3, -0.25) is 19.6 Å². The summed E-state index contributed by atoms with van der Waals surface area (Å²) in [6.07, 6.45) is -0.767. The van der Waals surface area contributed by atoms with Gasteiger partial charge in [0.1, 0.15) is 11.1 Å². The van der Waals surface area contributed by atoms with Crippen molar-refractivity contribution in [2.24, 2.45) is 0 Å². The zero-order valence-corrected chi connectivity index (χ0v) is 18.2. The number of fused-ring (bicyclic) bond motifs is 1. The van der Waals surface area contributed by atoms with E-state index in [4.69, 9.17) is 17.0 Å². The summed E-state index contributed by atoms with van der Waals surface area (Å²) < 4.78 is 7.96. The number of hydrogen-bond donors (Lipinski definition) is 2. The monoisotopic (exact) mass is 459 g/mol. The number of aromatic nitrogens is 7. The van der Waals surface area contributed by atoms with E-state index in [9.17, 15) is 9.59 Å². The van der Waals surface area contributed by atoms with Gasteiger partial charge in [0.15, 0.2) is 17.3 Å². The van der Waals surface area contributed by atoms with Gasteiger partial charge in [0.25, 0.3) is 5.56 Å². The Morgan fingerprint density at radius 3 is 2.36 bits per heavy atom. The molecule has 5 aromatic rings. The van der Waals surface area contributed by atoms with E-state index in [1.807, 2.05) is 60.7 Å². The number of hydrogen-bond acceptors (Lipinski definition) is 7. The van der Waals surface area contributed by atoms with Crippen LogP contribution in [0.15, 0.2) is 65.5 Å². The van der Waals surface area contributed by atoms with Gasteiger partial charge >= 0.3 is 6.09 Å². The summed E-state index contributed by atoms with van der Waals surface area (Å²) in [6, 6.07) is 18.9. The van der Waals surface area contributed by atoms with E-state index in [2.05, 4.69) is 25.4 Å². The first kappa shape index (κ1) is 20.5. The smallest absolute Gasteiger partial charge is 0.420 e. The minimum absolute atomic E-state index is 0.0879. The largest absolute Gasteiger partial charge is 0.449 e. The van der Waals surface area contributed by atoms with Crippen LogP contribution in [0.2, 0.25) is 0 Å². The van der Waals surface area contributed by atoms with Crippen LogP contribution in [0.1, 0.15) is 6.92 Å². The first-order valence-electron chi connectivity index (χ1n) is 10.1. The lowest BCUT2D eigenvalue weighted by atomic mass is 10.2. The standard InChI is InChI=1S/C22H17N7O3S/c1-2-32-22(31)29-16(15-17(23-21(29)33)24-27-20(15)30)19-26-25-18(13-9-5-3-6-10-13)28(19)14-11-7-4-8-12-14/h3-12H,2H2,1H3,(H,27,30)(H,23,24,33). The van der Waals surface area contributed by atoms with Gasteiger partial charge in [-0.25, -0.2) is 9.36 Å². The molecule has 0 atom stereocenters. The Morgan fingerprint density at radius 1 is 1.00 bits per heavy atom. The number of carbonyl (C=O) groups is 1. The second kappa shape index (κ2) is 8.28. The summed E-state index contributed by atoms with van der Waals surface area (Å²) in [5, 5.41) is 14.1. The summed E-state index contributed by atoms with van der Waals surface area (Å²) in [4.78, 5) is 29.9. The minimum atomic E-state index is -0.767. The third kappa shape index (κ3) is 3.44. The highest BCUT2D eigenvalue weighted by Crippen LogP contribution is 2.31. The molecule has 0 saturated heterocycles. The van der Waals surface area contributed by atoms with Crippen molar-refractivity contribution >= 4 is 29.3 Å². The molecule has 10 nitrogen and oxygen atoms in total. The number of aromatic amines is 2. The molecule has 0 fully saturated rings. The Kier molecular flexibility index (Phi) is 5.15. The average Bonchev–Trinajstić information content (AvgIpc) is 3.43. The predicted molar refractivity (Wildman–Crippen MR) is 124 cm³/mol. The Hall–Kier alpha value is -4.38. The molecule has 2 aromatic carbocycles. The second-order valence-corrected chi connectivity index (χ2v) is 7.33. The molecule has 0 unspecified atom stereocenters. The fourth-order valence-corrected chi connectivity index (χ4v) is 3.86. The molecular weight excluding hydrogens is 442 g/mol. The van der Waals surface area contributed by atoms with E-state index in [0.29, 0.717) is 5.82 Å². The Morgan fingerprint density at radius 2 is 1.67 bits per heavy atom. The number of ether oxygens (including phenoxy) is 1. The third-order valence-corrected chi connectivity index (χ3v) is 5.26. The Balaban J connectivity index is 1.92. The SMILES string of the molecule is CCOC(=O)n1c(-c2nnc(-c3ccccc3)n2-c2ccccc2)c2c(=O)[nH][nH]c2nc1=S. The zero-order valence-electron chi connectivity index (χ0n) is 17.3. The van der Waals surface area contributed by atoms with E-state index < -0.39 is 11.7 Å². The lowest BCUT2D eigenvalue weighted by molar-refractivity contribution is 0.153. The molecule has 0 amide bonds. The van der Waals surface area contributed by atoms with Crippen LogP contribution in [0.25, 0.3) is 39.6 Å². The van der Waals surface area contributed by atoms with Gasteiger partial charge in [0.2, 0.25) is 4.77 Å². The van der Waals surface area contributed by atoms with Crippen LogP contribution in [0, 0.1) is 4.77 Å². The van der Waals surface area contributed by atoms with Gasteiger partial charge in [-0.1, -0.05) is 48.5 Å². The first-order chi connectivity index (χ1) is 16.1. The summed E-state index contributed by atoms with van der Waals surface area (Å²) >= 11 is 5.38. The number of rotatable bonds is 4. The molecule has 11 heteroatoms. The highest BCUT2D eigenvalue weighted by Gasteiger charge is 2.27. The number of H-pyrrole nitrogens is 2. The Bertz CT molecular complexity index is 1580. The zero-order chi connectivity index (χ0) is 22.9. The first-order valence-corrected chi connectivity index (χ1v) is 10.5. The molecular formula is C22H17N7O3S. The average molecular weight is 459 g/mol. The maximum Gasteiger partial charge on any atom is 0.420 e. The summed E-state index contributed by atoms with van der Waals surface area (Å²) in [5.41, 5.74) is 1.38. The van der Waals surface area contributed by atoms with Crippen LogP contribution < -0.4 is 5.56 Å². The number of para-hydroxylation sites is 1.